The van der Waals surface area contributed by atoms with Gasteiger partial charge in [-0.05, 0) is 18.6 Å². The molecule has 1 aliphatic heterocycles. The fraction of sp³-hybridized carbons (Fsp3) is 0.375. The van der Waals surface area contributed by atoms with E-state index in [2.05, 4.69) is 20.6 Å². The van der Waals surface area contributed by atoms with E-state index in [0.29, 0.717) is 6.61 Å². The molecule has 24 heavy (non-hydrogen) atoms. The molecule has 4 rings (SSSR count). The molecule has 3 heterocycles. The Kier molecular flexibility index (Phi) is 3.73. The van der Waals surface area contributed by atoms with Crippen molar-refractivity contribution >= 4 is 16.9 Å². The summed E-state index contributed by atoms with van der Waals surface area (Å²) in [5.74, 6) is 0.712. The number of aryl methyl sites for hydroxylation is 1. The van der Waals surface area contributed by atoms with E-state index in [0.717, 1.165) is 23.3 Å². The number of hydrogen-bond acceptors (Lipinski definition) is 5. The zero-order valence-corrected chi connectivity index (χ0v) is 13.3. The molecule has 1 amide bonds. The van der Waals surface area contributed by atoms with Gasteiger partial charge in [0.05, 0.1) is 11.6 Å². The Labute approximate surface area is 138 Å². The fourth-order valence-electron chi connectivity index (χ4n) is 3.07. The van der Waals surface area contributed by atoms with Crippen molar-refractivity contribution in [3.05, 3.63) is 42.5 Å². The van der Waals surface area contributed by atoms with Crippen LogP contribution in [0.1, 0.15) is 18.3 Å². The number of imidazole rings is 1. The maximum atomic E-state index is 12.4. The summed E-state index contributed by atoms with van der Waals surface area (Å²) < 4.78 is 9.29. The van der Waals surface area contributed by atoms with Crippen LogP contribution in [0.2, 0.25) is 0 Å². The summed E-state index contributed by atoms with van der Waals surface area (Å²) >= 11 is 0. The summed E-state index contributed by atoms with van der Waals surface area (Å²) in [7, 11) is 1.92. The van der Waals surface area contributed by atoms with Gasteiger partial charge in [0.2, 0.25) is 5.91 Å². The lowest BCUT2D eigenvalue weighted by molar-refractivity contribution is -0.123. The van der Waals surface area contributed by atoms with Crippen molar-refractivity contribution in [3.63, 3.8) is 0 Å². The molecular formula is C16H18N6O2. The van der Waals surface area contributed by atoms with E-state index in [1.807, 2.05) is 42.1 Å². The number of benzene rings is 1. The van der Waals surface area contributed by atoms with E-state index in [1.165, 1.54) is 0 Å². The summed E-state index contributed by atoms with van der Waals surface area (Å²) in [5.41, 5.74) is 1.62. The summed E-state index contributed by atoms with van der Waals surface area (Å²) in [6.45, 7) is 0.735. The molecule has 2 atom stereocenters. The Balaban J connectivity index is 1.47. The Morgan fingerprint density at radius 3 is 3.12 bits per heavy atom. The molecule has 0 spiro atoms. The molecule has 3 aromatic rings. The number of nitrogens with zero attached hydrogens (tertiary/aromatic N) is 5. The molecular weight excluding hydrogens is 308 g/mol. The van der Waals surface area contributed by atoms with Crippen molar-refractivity contribution in [2.45, 2.75) is 25.1 Å². The van der Waals surface area contributed by atoms with Gasteiger partial charge in [-0.3, -0.25) is 4.79 Å². The van der Waals surface area contributed by atoms with Crippen LogP contribution < -0.4 is 5.32 Å². The van der Waals surface area contributed by atoms with Crippen LogP contribution in [0.5, 0.6) is 0 Å². The number of nitrogens with one attached hydrogen (secondary N) is 1. The SMILES string of the molecule is Cn1ccnc1[C@H]1OCC[C@@H]1NC(=O)Cn1nnc2ccccc21. The number of aromatic nitrogens is 5. The number of fused-ring (bicyclic) bond motifs is 1. The second-order valence-electron chi connectivity index (χ2n) is 5.89. The van der Waals surface area contributed by atoms with Gasteiger partial charge in [0, 0.05) is 26.0 Å². The molecule has 0 bridgehead atoms. The minimum absolute atomic E-state index is 0.0895. The maximum absolute atomic E-state index is 12.4. The van der Waals surface area contributed by atoms with Crippen molar-refractivity contribution in [2.75, 3.05) is 6.61 Å². The summed E-state index contributed by atoms with van der Waals surface area (Å²) in [6.07, 6.45) is 4.15. The second-order valence-corrected chi connectivity index (χ2v) is 5.89. The first-order valence-corrected chi connectivity index (χ1v) is 7.89. The van der Waals surface area contributed by atoms with Gasteiger partial charge in [-0.1, -0.05) is 17.3 Å². The third kappa shape index (κ3) is 2.65. The summed E-state index contributed by atoms with van der Waals surface area (Å²) in [5, 5.41) is 11.2. The highest BCUT2D eigenvalue weighted by Crippen LogP contribution is 2.27. The number of hydrogen-bond donors (Lipinski definition) is 1. The Bertz CT molecular complexity index is 870. The van der Waals surface area contributed by atoms with E-state index in [9.17, 15) is 4.79 Å². The van der Waals surface area contributed by atoms with Gasteiger partial charge in [-0.15, -0.1) is 5.10 Å². The minimum atomic E-state index is -0.221. The molecule has 1 saturated heterocycles. The quantitative estimate of drug-likeness (QED) is 0.767. The lowest BCUT2D eigenvalue weighted by Crippen LogP contribution is -2.39. The number of carbonyl (C=O) groups is 1. The molecule has 1 fully saturated rings. The molecule has 2 aromatic heterocycles. The normalized spacial score (nSPS) is 20.5. The van der Waals surface area contributed by atoms with Crippen LogP contribution in [0.4, 0.5) is 0 Å². The highest BCUT2D eigenvalue weighted by atomic mass is 16.5. The standard InChI is InChI=1S/C16H18N6O2/c1-21-8-7-17-16(21)15-12(6-9-24-15)18-14(23)10-22-13-5-3-2-4-11(13)19-20-22/h2-5,7-8,12,15H,6,9-10H2,1H3,(H,18,23)/t12-,15-/m0/s1. The van der Waals surface area contributed by atoms with E-state index < -0.39 is 0 Å². The number of carbonyl (C=O) groups excluding carboxylic acids is 1. The van der Waals surface area contributed by atoms with Crippen LogP contribution >= 0.6 is 0 Å². The van der Waals surface area contributed by atoms with Crippen molar-refractivity contribution in [1.29, 1.82) is 0 Å². The molecule has 0 aliphatic carbocycles. The van der Waals surface area contributed by atoms with Crippen LogP contribution in [0.3, 0.4) is 0 Å². The summed E-state index contributed by atoms with van der Waals surface area (Å²) in [4.78, 5) is 16.8. The number of rotatable bonds is 4. The third-order valence-electron chi connectivity index (χ3n) is 4.26. The number of ether oxygens (including phenoxy) is 1. The van der Waals surface area contributed by atoms with Crippen LogP contribution in [-0.2, 0) is 23.1 Å². The molecule has 8 nitrogen and oxygen atoms in total. The smallest absolute Gasteiger partial charge is 0.242 e. The minimum Gasteiger partial charge on any atom is -0.368 e. The van der Waals surface area contributed by atoms with Crippen molar-refractivity contribution in [3.8, 4) is 0 Å². The zero-order valence-electron chi connectivity index (χ0n) is 13.3. The van der Waals surface area contributed by atoms with Crippen molar-refractivity contribution in [2.24, 2.45) is 7.05 Å². The summed E-state index contributed by atoms with van der Waals surface area (Å²) in [6, 6.07) is 7.49. The van der Waals surface area contributed by atoms with E-state index >= 15 is 0 Å². The molecule has 0 saturated carbocycles. The maximum Gasteiger partial charge on any atom is 0.242 e. The molecule has 1 N–H and O–H groups in total. The Morgan fingerprint density at radius 2 is 2.29 bits per heavy atom. The fourth-order valence-corrected chi connectivity index (χ4v) is 3.07. The highest BCUT2D eigenvalue weighted by Gasteiger charge is 2.33. The van der Waals surface area contributed by atoms with E-state index in [-0.39, 0.29) is 24.6 Å². The molecule has 124 valence electrons. The first kappa shape index (κ1) is 14.8. The van der Waals surface area contributed by atoms with Crippen LogP contribution in [-0.4, -0.2) is 43.1 Å². The third-order valence-corrected chi connectivity index (χ3v) is 4.26. The largest absolute Gasteiger partial charge is 0.368 e. The second kappa shape index (κ2) is 6.04. The Hall–Kier alpha value is -2.74. The molecule has 1 aromatic carbocycles. The molecule has 8 heteroatoms. The van der Waals surface area contributed by atoms with Crippen LogP contribution in [0.25, 0.3) is 11.0 Å². The van der Waals surface area contributed by atoms with Crippen LogP contribution in [0.15, 0.2) is 36.7 Å². The number of amides is 1. The first-order valence-electron chi connectivity index (χ1n) is 7.89. The van der Waals surface area contributed by atoms with Gasteiger partial charge in [-0.25, -0.2) is 9.67 Å². The van der Waals surface area contributed by atoms with Crippen LogP contribution in [0, 0.1) is 0 Å². The zero-order chi connectivity index (χ0) is 16.5. The van der Waals surface area contributed by atoms with Gasteiger partial charge in [0.1, 0.15) is 24.0 Å². The van der Waals surface area contributed by atoms with Crippen molar-refractivity contribution < 1.29 is 9.53 Å². The van der Waals surface area contributed by atoms with Gasteiger partial charge in [0.15, 0.2) is 0 Å². The lowest BCUT2D eigenvalue weighted by atomic mass is 10.1. The predicted molar refractivity (Wildman–Crippen MR) is 86.0 cm³/mol. The molecule has 1 aliphatic rings. The van der Waals surface area contributed by atoms with E-state index in [1.54, 1.807) is 10.9 Å². The average Bonchev–Trinajstić information content (AvgIpc) is 3.28. The monoisotopic (exact) mass is 326 g/mol. The van der Waals surface area contributed by atoms with Gasteiger partial charge in [-0.2, -0.15) is 0 Å². The Morgan fingerprint density at radius 1 is 1.42 bits per heavy atom. The molecule has 0 unspecified atom stereocenters. The highest BCUT2D eigenvalue weighted by molar-refractivity contribution is 5.79. The van der Waals surface area contributed by atoms with Gasteiger partial charge in [0.25, 0.3) is 0 Å². The first-order chi connectivity index (χ1) is 11.7. The predicted octanol–water partition coefficient (Wildman–Crippen LogP) is 0.811. The molecule has 0 radical (unpaired) electrons. The van der Waals surface area contributed by atoms with Gasteiger partial charge < -0.3 is 14.6 Å². The lowest BCUT2D eigenvalue weighted by Gasteiger charge is -2.19. The topological polar surface area (TPSA) is 86.9 Å². The number of para-hydroxylation sites is 1. The van der Waals surface area contributed by atoms with E-state index in [4.69, 9.17) is 4.74 Å². The van der Waals surface area contributed by atoms with Crippen molar-refractivity contribution in [1.82, 2.24) is 29.9 Å². The average molecular weight is 326 g/mol. The van der Waals surface area contributed by atoms with Gasteiger partial charge >= 0.3 is 0 Å².